The Bertz CT molecular complexity index is 1990. The predicted octanol–water partition coefficient (Wildman–Crippen LogP) is 10.4. The molecule has 9 rings (SSSR count). The Labute approximate surface area is 570 Å². The molecule has 1 N–H and O–H groups in total. The average molecular weight is 1330 g/mol. The Morgan fingerprint density at radius 2 is 0.890 bits per heavy atom. The van der Waals surface area contributed by atoms with Gasteiger partial charge >= 0.3 is 0 Å². The molecule has 0 aromatic carbocycles. The molecule has 0 amide bonds. The number of ketones is 8. The zero-order valence-electron chi connectivity index (χ0n) is 54.9. The van der Waals surface area contributed by atoms with Crippen LogP contribution in [0.1, 0.15) is 180 Å². The minimum Gasteiger partial charge on any atom is -0.300 e. The van der Waals surface area contributed by atoms with Crippen LogP contribution in [0.4, 0.5) is 0 Å². The molecule has 0 bridgehead atoms. The topological polar surface area (TPSA) is 181 Å². The zero-order chi connectivity index (χ0) is 63.3. The summed E-state index contributed by atoms with van der Waals surface area (Å²) < 4.78 is 0. The maximum atomic E-state index is 11.0. The van der Waals surface area contributed by atoms with Crippen LogP contribution >= 0.6 is 23.5 Å². The molecule has 0 saturated carbocycles. The molecule has 0 radical (unpaired) electrons. The quantitative estimate of drug-likeness (QED) is 0.215. The number of hydrogen-bond acceptors (Lipinski definition) is 21. The van der Waals surface area contributed by atoms with Gasteiger partial charge in [0.1, 0.15) is 40.1 Å². The van der Waals surface area contributed by atoms with E-state index in [0.717, 1.165) is 95.3 Å². The molecule has 91 heavy (non-hydrogen) atoms. The van der Waals surface area contributed by atoms with E-state index in [1.807, 2.05) is 102 Å². The minimum absolute atomic E-state index is 0. The fraction of sp³-hybridized carbons (Fsp3) is 0.800. The highest BCUT2D eigenvalue weighted by atomic mass is 32.2. The molecule has 540 valence electrons. The number of nitrogens with one attached hydrogen (secondary N) is 1. The maximum Gasteiger partial charge on any atom is 0.157 e. The second kappa shape index (κ2) is 55.0. The minimum atomic E-state index is 0. The monoisotopic (exact) mass is 1330 g/mol. The van der Waals surface area contributed by atoms with Crippen LogP contribution in [-0.4, -0.2) is 290 Å². The molecule has 0 aromatic heterocycles. The third kappa shape index (κ3) is 38.9. The van der Waals surface area contributed by atoms with Gasteiger partial charge in [0.2, 0.25) is 0 Å². The lowest BCUT2D eigenvalue weighted by molar-refractivity contribution is -0.124. The standard InChI is InChI=1S/C8H15NO.C8H13NO.C7H14N2O.C7H13NO.C7H11NO.C7H13N.C6H12N2O.2C6H11NOS.8CH4/c2*1-7(10)8-5-3-4-6-9(8)2;1-6(10)7-4-5-8(2)9(7)3;2*1-6(9)7-4-3-5-8(7)2;1-6(2)7-4-5-8(7)3;1-5(9)6-3-4-7-8(6)2;1-5(8)6-3-9-4-7(6)2;1-5(8)6-7(2)3-4-9-6;;;;;;;;/h8H,3-6H2,1-2H3;3-4,8H,5-6H2,1-2H3;7H,4-5H2,1-3H3;7H,3-5H2,1-2H3;3-4,7H,5H2,1-2H3;7H,1,4-5H2,2-3H3;6-7H,3-4H2,1-2H3;2*6H,3-4H2,1-2H3;8*1H4. The highest BCUT2D eigenvalue weighted by molar-refractivity contribution is 8.00. The molecule has 9 unspecified atom stereocenters. The summed E-state index contributed by atoms with van der Waals surface area (Å²) in [5, 5.41) is 6.10. The molecule has 9 atom stereocenters. The first-order valence-electron chi connectivity index (χ1n) is 29.9. The fourth-order valence-corrected chi connectivity index (χ4v) is 13.4. The van der Waals surface area contributed by atoms with Crippen molar-refractivity contribution in [3.05, 3.63) is 36.5 Å². The first kappa shape index (κ1) is 104. The van der Waals surface area contributed by atoms with E-state index in [0.29, 0.717) is 23.4 Å². The Morgan fingerprint density at radius 1 is 0.418 bits per heavy atom. The van der Waals surface area contributed by atoms with E-state index >= 15 is 0 Å². The molecule has 19 nitrogen and oxygen atoms in total. The summed E-state index contributed by atoms with van der Waals surface area (Å²) in [6, 6.07) is 1.74. The Morgan fingerprint density at radius 3 is 1.10 bits per heavy atom. The van der Waals surface area contributed by atoms with Crippen molar-refractivity contribution >= 4 is 69.8 Å². The number of Topliss-reactive ketones (excluding diaryl/α,β-unsaturated/α-hetero) is 8. The summed E-state index contributed by atoms with van der Waals surface area (Å²) in [7, 11) is 20.0. The summed E-state index contributed by atoms with van der Waals surface area (Å²) >= 11 is 3.56. The number of carbonyl (C=O) groups is 8. The van der Waals surface area contributed by atoms with Crippen LogP contribution in [0.3, 0.4) is 0 Å². The van der Waals surface area contributed by atoms with Crippen molar-refractivity contribution in [1.82, 2.24) is 54.8 Å². The van der Waals surface area contributed by atoms with E-state index in [2.05, 4.69) is 72.5 Å². The lowest BCUT2D eigenvalue weighted by Crippen LogP contribution is -2.44. The largest absolute Gasteiger partial charge is 0.300 e. The van der Waals surface area contributed by atoms with Gasteiger partial charge in [-0.2, -0.15) is 0 Å². The van der Waals surface area contributed by atoms with E-state index in [1.54, 1.807) is 67.2 Å². The molecule has 0 spiro atoms. The predicted molar refractivity (Wildman–Crippen MR) is 398 cm³/mol. The highest BCUT2D eigenvalue weighted by Crippen LogP contribution is 2.23. The molecule has 9 heterocycles. The zero-order valence-corrected chi connectivity index (χ0v) is 56.5. The average Bonchev–Trinajstić information content (AvgIpc) is 2.45. The summed E-state index contributed by atoms with van der Waals surface area (Å²) in [5.74, 6) is 5.31. The van der Waals surface area contributed by atoms with Crippen LogP contribution in [0.5, 0.6) is 0 Å². The molecule has 21 heteroatoms. The Balaban J connectivity index is -0.000000140. The molecule has 0 aromatic rings. The van der Waals surface area contributed by atoms with Crippen LogP contribution in [0.15, 0.2) is 36.5 Å². The molecule has 7 fully saturated rings. The Hall–Kier alpha value is -3.16. The van der Waals surface area contributed by atoms with Gasteiger partial charge in [0.05, 0.1) is 42.3 Å². The van der Waals surface area contributed by atoms with E-state index in [1.165, 1.54) is 37.8 Å². The summed E-state index contributed by atoms with van der Waals surface area (Å²) in [5.41, 5.74) is 4.37. The number of carbonyl (C=O) groups excluding carboxylic acids is 8. The first-order valence-corrected chi connectivity index (χ1v) is 32.1. The summed E-state index contributed by atoms with van der Waals surface area (Å²) in [4.78, 5) is 102. The fourth-order valence-electron chi connectivity index (χ4n) is 10.9. The molecule has 9 aliphatic heterocycles. The second-order valence-electron chi connectivity index (χ2n) is 23.7. The van der Waals surface area contributed by atoms with Gasteiger partial charge in [0, 0.05) is 83.8 Å². The number of likely N-dealkylation sites (tertiary alicyclic amines) is 3. The number of likely N-dealkylation sites (N-methyl/N-ethyl adjacent to an activating group) is 9. The Kier molecular flexibility index (Phi) is 62.8. The van der Waals surface area contributed by atoms with Crippen LogP contribution in [-0.2, 0) is 38.4 Å². The van der Waals surface area contributed by atoms with Gasteiger partial charge in [-0.25, -0.2) is 15.0 Å². The highest BCUT2D eigenvalue weighted by Gasteiger charge is 2.30. The van der Waals surface area contributed by atoms with Crippen molar-refractivity contribution in [3.63, 3.8) is 0 Å². The van der Waals surface area contributed by atoms with E-state index < -0.39 is 0 Å². The normalized spacial score (nSPS) is 26.0. The lowest BCUT2D eigenvalue weighted by Gasteiger charge is -2.38. The maximum absolute atomic E-state index is 11.0. The van der Waals surface area contributed by atoms with Crippen molar-refractivity contribution in [1.29, 1.82) is 0 Å². The van der Waals surface area contributed by atoms with Gasteiger partial charge in [0.15, 0.2) is 11.6 Å². The van der Waals surface area contributed by atoms with Crippen LogP contribution in [0.2, 0.25) is 0 Å². The van der Waals surface area contributed by atoms with Crippen molar-refractivity contribution in [2.45, 2.75) is 233 Å². The molecule has 9 aliphatic rings. The molecular weight excluding hydrogens is 1190 g/mol. The molecular formula is C70H145N11O8S2. The third-order valence-corrected chi connectivity index (χ3v) is 19.1. The first-order chi connectivity index (χ1) is 38.8. The second-order valence-corrected chi connectivity index (χ2v) is 25.9. The number of rotatable bonds is 9. The van der Waals surface area contributed by atoms with Gasteiger partial charge in [-0.15, -0.1) is 23.5 Å². The number of hydrazine groups is 2. The van der Waals surface area contributed by atoms with Gasteiger partial charge in [-0.3, -0.25) is 78.1 Å². The smallest absolute Gasteiger partial charge is 0.157 e. The van der Waals surface area contributed by atoms with Crippen molar-refractivity contribution in [3.8, 4) is 0 Å². The molecule has 7 saturated heterocycles. The van der Waals surface area contributed by atoms with E-state index in [4.69, 9.17) is 0 Å². The van der Waals surface area contributed by atoms with Crippen molar-refractivity contribution in [2.24, 2.45) is 0 Å². The van der Waals surface area contributed by atoms with E-state index in [9.17, 15) is 38.4 Å². The van der Waals surface area contributed by atoms with Crippen molar-refractivity contribution in [2.75, 3.05) is 140 Å². The van der Waals surface area contributed by atoms with Crippen molar-refractivity contribution < 1.29 is 38.4 Å². The summed E-state index contributed by atoms with van der Waals surface area (Å²) in [6.45, 7) is 27.4. The number of piperidine rings is 1. The lowest BCUT2D eigenvalue weighted by atomic mass is 9.98. The van der Waals surface area contributed by atoms with Gasteiger partial charge in [-0.05, 0) is 176 Å². The van der Waals surface area contributed by atoms with Crippen LogP contribution in [0.25, 0.3) is 0 Å². The number of thioether (sulfide) groups is 2. The van der Waals surface area contributed by atoms with Gasteiger partial charge in [-0.1, -0.05) is 102 Å². The third-order valence-electron chi connectivity index (χ3n) is 16.5. The van der Waals surface area contributed by atoms with Gasteiger partial charge in [0.25, 0.3) is 0 Å². The summed E-state index contributed by atoms with van der Waals surface area (Å²) in [6.07, 6.45) is 18.0. The van der Waals surface area contributed by atoms with Crippen LogP contribution < -0.4 is 5.43 Å². The van der Waals surface area contributed by atoms with Crippen LogP contribution in [0, 0.1) is 0 Å². The van der Waals surface area contributed by atoms with E-state index in [-0.39, 0.29) is 136 Å². The SMILES string of the molecule is C.C.C.C.C.C.C.C.C=C(C)C1CCN1C.CC(=O)C1C=CCN1C.CC(=O)C1CC=CCN1C.CC(=O)C1CCCCN1C.CC(=O)C1CCCN1C.CC(=O)C1CCN(C)N1C.CC(=O)C1CCNN1C.CC(=O)C1CSCN1C.CC(=O)C1SCCN1C. The number of hydrogen-bond donors (Lipinski definition) is 1. The molecule has 0 aliphatic carbocycles. The number of nitrogens with zero attached hydrogens (tertiary/aromatic N) is 10. The van der Waals surface area contributed by atoms with Gasteiger partial charge < -0.3 is 0 Å².